The van der Waals surface area contributed by atoms with Crippen molar-refractivity contribution in [2.75, 3.05) is 22.5 Å². The van der Waals surface area contributed by atoms with Gasteiger partial charge in [-0.25, -0.2) is 9.78 Å². The highest BCUT2D eigenvalue weighted by molar-refractivity contribution is 5.88. The minimum absolute atomic E-state index is 0.0580. The lowest BCUT2D eigenvalue weighted by molar-refractivity contribution is -0.384. The van der Waals surface area contributed by atoms with Crippen LogP contribution in [0.3, 0.4) is 0 Å². The van der Waals surface area contributed by atoms with Gasteiger partial charge in [0, 0.05) is 31.7 Å². The molecular formula is C25H35N7O5. The molecule has 1 aliphatic carbocycles. The van der Waals surface area contributed by atoms with Crippen LogP contribution in [0.4, 0.5) is 27.9 Å². The Morgan fingerprint density at radius 1 is 1.11 bits per heavy atom. The van der Waals surface area contributed by atoms with Crippen LogP contribution >= 0.6 is 0 Å². The van der Waals surface area contributed by atoms with E-state index in [-0.39, 0.29) is 29.4 Å². The van der Waals surface area contributed by atoms with Gasteiger partial charge in [0.1, 0.15) is 11.8 Å². The number of anilines is 3. The Balaban J connectivity index is 1.52. The van der Waals surface area contributed by atoms with Gasteiger partial charge in [0.15, 0.2) is 0 Å². The maximum absolute atomic E-state index is 12.0. The molecule has 1 aromatic heterocycles. The predicted octanol–water partition coefficient (Wildman–Crippen LogP) is 4.45. The van der Waals surface area contributed by atoms with E-state index in [2.05, 4.69) is 31.2 Å². The monoisotopic (exact) mass is 513 g/mol. The molecule has 1 fully saturated rings. The molecule has 0 atom stereocenters. The first-order valence-corrected chi connectivity index (χ1v) is 12.3. The Morgan fingerprint density at radius 3 is 2.38 bits per heavy atom. The van der Waals surface area contributed by atoms with Gasteiger partial charge in [-0.1, -0.05) is 12.1 Å². The predicted molar refractivity (Wildman–Crippen MR) is 140 cm³/mol. The van der Waals surface area contributed by atoms with Crippen LogP contribution in [0.25, 0.3) is 0 Å². The van der Waals surface area contributed by atoms with Crippen molar-refractivity contribution in [3.05, 3.63) is 46.1 Å². The van der Waals surface area contributed by atoms with Crippen molar-refractivity contribution in [1.82, 2.24) is 15.3 Å². The van der Waals surface area contributed by atoms with Crippen LogP contribution in [0.15, 0.2) is 30.5 Å². The second-order valence-corrected chi connectivity index (χ2v) is 10.2. The van der Waals surface area contributed by atoms with Gasteiger partial charge in [-0.05, 0) is 70.1 Å². The normalized spacial score (nSPS) is 17.4. The Hall–Kier alpha value is -3.96. The van der Waals surface area contributed by atoms with Crippen molar-refractivity contribution >= 4 is 35.1 Å². The summed E-state index contributed by atoms with van der Waals surface area (Å²) in [6, 6.07) is 7.36. The summed E-state index contributed by atoms with van der Waals surface area (Å²) in [7, 11) is 0. The number of hydrogen-bond acceptors (Lipinski definition) is 9. The first-order valence-electron chi connectivity index (χ1n) is 12.3. The number of carbonyl (C=O) groups is 2. The fourth-order valence-corrected chi connectivity index (χ4v) is 4.04. The van der Waals surface area contributed by atoms with Gasteiger partial charge in [0.05, 0.1) is 4.92 Å². The molecule has 37 heavy (non-hydrogen) atoms. The van der Waals surface area contributed by atoms with Gasteiger partial charge in [0.2, 0.25) is 17.7 Å². The van der Waals surface area contributed by atoms with Crippen LogP contribution in [0.2, 0.25) is 0 Å². The van der Waals surface area contributed by atoms with Gasteiger partial charge >= 0.3 is 11.8 Å². The van der Waals surface area contributed by atoms with Crippen LogP contribution in [0, 0.1) is 16.0 Å². The molecule has 0 unspecified atom stereocenters. The van der Waals surface area contributed by atoms with E-state index in [1.807, 2.05) is 32.9 Å². The fourth-order valence-electron chi connectivity index (χ4n) is 4.04. The molecule has 0 bridgehead atoms. The van der Waals surface area contributed by atoms with E-state index in [4.69, 9.17) is 4.74 Å². The second kappa shape index (κ2) is 12.3. The van der Waals surface area contributed by atoms with Crippen molar-refractivity contribution in [2.45, 2.75) is 71.6 Å². The molecule has 2 aromatic rings. The molecule has 0 saturated heterocycles. The van der Waals surface area contributed by atoms with Crippen molar-refractivity contribution < 1.29 is 19.2 Å². The lowest BCUT2D eigenvalue weighted by Gasteiger charge is -2.30. The van der Waals surface area contributed by atoms with E-state index < -0.39 is 16.6 Å². The number of nitrogens with zero attached hydrogens (tertiary/aromatic N) is 3. The van der Waals surface area contributed by atoms with E-state index in [9.17, 15) is 19.7 Å². The van der Waals surface area contributed by atoms with Gasteiger partial charge < -0.3 is 26.0 Å². The first kappa shape index (κ1) is 27.6. The number of aromatic nitrogens is 2. The molecule has 0 spiro atoms. The topological polar surface area (TPSA) is 160 Å². The third kappa shape index (κ3) is 9.21. The average molecular weight is 514 g/mol. The summed E-state index contributed by atoms with van der Waals surface area (Å²) >= 11 is 0. The van der Waals surface area contributed by atoms with E-state index in [0.29, 0.717) is 24.7 Å². The number of benzene rings is 1. The van der Waals surface area contributed by atoms with E-state index >= 15 is 0 Å². The summed E-state index contributed by atoms with van der Waals surface area (Å²) in [6.07, 6.45) is 4.14. The molecule has 4 N–H and O–H groups in total. The standard InChI is InChI=1S/C25H35N7O5/c1-16(33)29-19-9-5-18(6-10-19)14-27-23-28-15-21(32(35)36)22(31-23)26-13-17-7-11-20(12-8-17)30-24(34)37-25(2,3)4/h5-6,9-10,15,17,20H,7-8,11-14H2,1-4H3,(H,29,33)(H,30,34)(H2,26,27,28,31). The largest absolute Gasteiger partial charge is 0.444 e. The second-order valence-electron chi connectivity index (χ2n) is 10.2. The van der Waals surface area contributed by atoms with Crippen molar-refractivity contribution in [2.24, 2.45) is 5.92 Å². The van der Waals surface area contributed by atoms with Crippen LogP contribution in [0.5, 0.6) is 0 Å². The maximum Gasteiger partial charge on any atom is 0.407 e. The number of hydrogen-bond donors (Lipinski definition) is 4. The fraction of sp³-hybridized carbons (Fsp3) is 0.520. The van der Waals surface area contributed by atoms with Gasteiger partial charge in [0.25, 0.3) is 0 Å². The number of ether oxygens (including phenoxy) is 1. The third-order valence-corrected chi connectivity index (χ3v) is 5.82. The third-order valence-electron chi connectivity index (χ3n) is 5.82. The molecule has 0 aliphatic heterocycles. The molecule has 12 heteroatoms. The molecule has 1 aliphatic rings. The summed E-state index contributed by atoms with van der Waals surface area (Å²) in [5.41, 5.74) is 0.903. The molecule has 1 heterocycles. The number of amides is 2. The highest BCUT2D eigenvalue weighted by Gasteiger charge is 2.26. The molecule has 200 valence electrons. The zero-order valence-corrected chi connectivity index (χ0v) is 21.7. The van der Waals surface area contributed by atoms with Gasteiger partial charge in [-0.2, -0.15) is 4.98 Å². The summed E-state index contributed by atoms with van der Waals surface area (Å²) in [6.45, 7) is 7.87. The summed E-state index contributed by atoms with van der Waals surface area (Å²) in [5.74, 6) is 0.585. The summed E-state index contributed by atoms with van der Waals surface area (Å²) in [4.78, 5) is 42.6. The van der Waals surface area contributed by atoms with E-state index in [1.54, 1.807) is 12.1 Å². The van der Waals surface area contributed by atoms with Crippen molar-refractivity contribution in [1.29, 1.82) is 0 Å². The number of alkyl carbamates (subject to hydrolysis) is 1. The van der Waals surface area contributed by atoms with Crippen LogP contribution in [0.1, 0.15) is 58.9 Å². The quantitative estimate of drug-likeness (QED) is 0.280. The molecule has 3 rings (SSSR count). The molecular weight excluding hydrogens is 478 g/mol. The summed E-state index contributed by atoms with van der Waals surface area (Å²) in [5, 5.41) is 23.3. The highest BCUT2D eigenvalue weighted by atomic mass is 16.6. The van der Waals surface area contributed by atoms with Gasteiger partial charge in [-0.15, -0.1) is 0 Å². The average Bonchev–Trinajstić information content (AvgIpc) is 2.81. The molecule has 2 amide bonds. The minimum Gasteiger partial charge on any atom is -0.444 e. The van der Waals surface area contributed by atoms with Crippen molar-refractivity contribution in [3.8, 4) is 0 Å². The smallest absolute Gasteiger partial charge is 0.407 e. The number of rotatable bonds is 9. The van der Waals surface area contributed by atoms with Crippen LogP contribution in [-0.4, -0.2) is 45.1 Å². The number of nitrogens with one attached hydrogen (secondary N) is 4. The van der Waals surface area contributed by atoms with Crippen LogP contribution in [-0.2, 0) is 16.1 Å². The zero-order valence-electron chi connectivity index (χ0n) is 21.7. The number of carbonyl (C=O) groups excluding carboxylic acids is 2. The Labute approximate surface area is 216 Å². The first-order chi connectivity index (χ1) is 17.5. The van der Waals surface area contributed by atoms with E-state index in [1.165, 1.54) is 13.1 Å². The number of nitro groups is 1. The van der Waals surface area contributed by atoms with Crippen LogP contribution < -0.4 is 21.3 Å². The minimum atomic E-state index is -0.538. The zero-order chi connectivity index (χ0) is 27.0. The Morgan fingerprint density at radius 2 is 1.78 bits per heavy atom. The highest BCUT2D eigenvalue weighted by Crippen LogP contribution is 2.27. The molecule has 1 aromatic carbocycles. The SMILES string of the molecule is CC(=O)Nc1ccc(CNc2ncc([N+](=O)[O-])c(NCC3CCC(NC(=O)OC(C)(C)C)CC3)n2)cc1. The molecule has 1 saturated carbocycles. The lowest BCUT2D eigenvalue weighted by Crippen LogP contribution is -2.41. The molecule has 0 radical (unpaired) electrons. The Bertz CT molecular complexity index is 1090. The summed E-state index contributed by atoms with van der Waals surface area (Å²) < 4.78 is 5.32. The Kier molecular flexibility index (Phi) is 9.20. The van der Waals surface area contributed by atoms with Gasteiger partial charge in [-0.3, -0.25) is 14.9 Å². The molecule has 12 nitrogen and oxygen atoms in total. The van der Waals surface area contributed by atoms with Crippen molar-refractivity contribution in [3.63, 3.8) is 0 Å². The van der Waals surface area contributed by atoms with E-state index in [0.717, 1.165) is 31.2 Å². The lowest BCUT2D eigenvalue weighted by atomic mass is 9.86. The maximum atomic E-state index is 12.0.